The van der Waals surface area contributed by atoms with E-state index < -0.39 is 0 Å². The molecule has 0 fully saturated rings. The lowest BCUT2D eigenvalue weighted by Crippen LogP contribution is -2.03. The minimum Gasteiger partial charge on any atom is -0.494 e. The molecule has 0 bridgehead atoms. The largest absolute Gasteiger partial charge is 0.494 e. The van der Waals surface area contributed by atoms with Crippen LogP contribution in [0, 0.1) is 0 Å². The van der Waals surface area contributed by atoms with Gasteiger partial charge < -0.3 is 14.7 Å². The van der Waals surface area contributed by atoms with Gasteiger partial charge in [-0.1, -0.05) is 49.2 Å². The molecule has 3 aromatic carbocycles. The normalized spacial score (nSPS) is 11.6. The van der Waals surface area contributed by atoms with Gasteiger partial charge in [0.1, 0.15) is 11.4 Å². The second-order valence-corrected chi connectivity index (χ2v) is 9.89. The van der Waals surface area contributed by atoms with E-state index in [2.05, 4.69) is 88.8 Å². The number of methoxy groups -OCH3 is 1. The number of aromatic nitrogens is 5. The Kier molecular flexibility index (Phi) is 5.27. The number of hydrogen-bond acceptors (Lipinski definition) is 3. The average Bonchev–Trinajstić information content (AvgIpc) is 3.59. The highest BCUT2D eigenvalue weighted by molar-refractivity contribution is 9.10. The van der Waals surface area contributed by atoms with E-state index in [9.17, 15) is 0 Å². The van der Waals surface area contributed by atoms with Crippen LogP contribution < -0.4 is 4.74 Å². The van der Waals surface area contributed by atoms with Crippen molar-refractivity contribution in [3.63, 3.8) is 0 Å². The number of aromatic amines is 2. The quantitative estimate of drug-likeness (QED) is 0.233. The predicted molar refractivity (Wildman–Crippen MR) is 141 cm³/mol. The van der Waals surface area contributed by atoms with Crippen LogP contribution in [0.2, 0.25) is 0 Å². The fourth-order valence-corrected chi connectivity index (χ4v) is 5.26. The molecular weight excluding hydrogens is 558 g/mol. The molecule has 2 N–H and O–H groups in total. The highest BCUT2D eigenvalue weighted by Gasteiger charge is 2.26. The summed E-state index contributed by atoms with van der Waals surface area (Å²) in [6, 6.07) is 20.3. The van der Waals surface area contributed by atoms with Crippen molar-refractivity contribution in [3.05, 3.63) is 105 Å². The lowest BCUT2D eigenvalue weighted by atomic mass is 9.88. The maximum Gasteiger partial charge on any atom is 0.144 e. The Morgan fingerprint density at radius 2 is 1.47 bits per heavy atom. The van der Waals surface area contributed by atoms with Gasteiger partial charge in [0.25, 0.3) is 0 Å². The number of rotatable bonds is 5. The average molecular weight is 577 g/mol. The molecule has 0 aliphatic rings. The fraction of sp³-hybridized carbons (Fsp3) is 0.0769. The molecule has 168 valence electrons. The van der Waals surface area contributed by atoms with E-state index in [1.165, 1.54) is 0 Å². The summed E-state index contributed by atoms with van der Waals surface area (Å²) in [5.41, 5.74) is 6.08. The Labute approximate surface area is 212 Å². The number of nitrogens with one attached hydrogen (secondary N) is 2. The number of halogens is 2. The molecule has 0 saturated carbocycles. The van der Waals surface area contributed by atoms with E-state index in [0.717, 1.165) is 59.0 Å². The van der Waals surface area contributed by atoms with Crippen LogP contribution in [0.4, 0.5) is 0 Å². The Bertz CT molecular complexity index is 1570. The summed E-state index contributed by atoms with van der Waals surface area (Å²) >= 11 is 7.27. The van der Waals surface area contributed by atoms with Crippen LogP contribution in [0.3, 0.4) is 0 Å². The van der Waals surface area contributed by atoms with Crippen molar-refractivity contribution in [2.45, 2.75) is 5.92 Å². The van der Waals surface area contributed by atoms with Crippen LogP contribution in [-0.2, 0) is 0 Å². The van der Waals surface area contributed by atoms with Gasteiger partial charge in [-0.2, -0.15) is 0 Å². The molecule has 0 radical (unpaired) electrons. The molecular formula is C26H19Br2N5O. The molecule has 0 aliphatic carbocycles. The highest BCUT2D eigenvalue weighted by Crippen LogP contribution is 2.40. The highest BCUT2D eigenvalue weighted by atomic mass is 79.9. The van der Waals surface area contributed by atoms with Crippen molar-refractivity contribution in [1.29, 1.82) is 0 Å². The maximum atomic E-state index is 5.55. The zero-order valence-electron chi connectivity index (χ0n) is 18.1. The molecule has 3 aromatic heterocycles. The van der Waals surface area contributed by atoms with Gasteiger partial charge in [-0.25, -0.2) is 4.68 Å². The van der Waals surface area contributed by atoms with E-state index in [1.54, 1.807) is 11.8 Å². The molecule has 3 heterocycles. The number of para-hydroxylation sites is 2. The third-order valence-corrected chi connectivity index (χ3v) is 7.10. The van der Waals surface area contributed by atoms with Gasteiger partial charge in [-0.05, 0) is 59.7 Å². The lowest BCUT2D eigenvalue weighted by Gasteiger charge is -2.14. The van der Waals surface area contributed by atoms with E-state index in [1.807, 2.05) is 42.6 Å². The first-order valence-electron chi connectivity index (χ1n) is 10.7. The third-order valence-electron chi connectivity index (χ3n) is 6.11. The van der Waals surface area contributed by atoms with Gasteiger partial charge in [0.15, 0.2) is 0 Å². The van der Waals surface area contributed by atoms with Crippen LogP contribution in [0.15, 0.2) is 88.2 Å². The molecule has 0 atom stereocenters. The number of ether oxygens (including phenoxy) is 1. The van der Waals surface area contributed by atoms with Gasteiger partial charge in [0.05, 0.1) is 24.9 Å². The van der Waals surface area contributed by atoms with Crippen LogP contribution in [0.25, 0.3) is 27.5 Å². The molecule has 0 aliphatic heterocycles. The molecule has 6 nitrogen and oxygen atoms in total. The zero-order valence-corrected chi connectivity index (χ0v) is 21.3. The number of hydrogen-bond donors (Lipinski definition) is 2. The minimum atomic E-state index is -0.144. The molecule has 0 amide bonds. The van der Waals surface area contributed by atoms with Crippen molar-refractivity contribution in [1.82, 2.24) is 25.0 Å². The fourth-order valence-electron chi connectivity index (χ4n) is 4.54. The smallest absolute Gasteiger partial charge is 0.144 e. The number of H-pyrrole nitrogens is 2. The minimum absolute atomic E-state index is 0.144. The second kappa shape index (κ2) is 8.45. The molecule has 34 heavy (non-hydrogen) atoms. The summed E-state index contributed by atoms with van der Waals surface area (Å²) in [7, 11) is 1.66. The Morgan fingerprint density at radius 1 is 0.853 bits per heavy atom. The van der Waals surface area contributed by atoms with Crippen molar-refractivity contribution in [3.8, 4) is 11.4 Å². The van der Waals surface area contributed by atoms with Crippen LogP contribution in [0.5, 0.6) is 5.75 Å². The van der Waals surface area contributed by atoms with Crippen molar-refractivity contribution < 1.29 is 4.74 Å². The number of fused-ring (bicyclic) bond motifs is 2. The van der Waals surface area contributed by atoms with E-state index in [0.29, 0.717) is 0 Å². The lowest BCUT2D eigenvalue weighted by molar-refractivity contribution is 0.411. The summed E-state index contributed by atoms with van der Waals surface area (Å²) in [6.07, 6.45) is 6.12. The van der Waals surface area contributed by atoms with Crippen LogP contribution >= 0.6 is 31.9 Å². The monoisotopic (exact) mass is 575 g/mol. The van der Waals surface area contributed by atoms with Gasteiger partial charge in [-0.3, -0.25) is 0 Å². The zero-order chi connectivity index (χ0) is 23.2. The second-order valence-electron chi connectivity index (χ2n) is 8.06. The van der Waals surface area contributed by atoms with Gasteiger partial charge in [0.2, 0.25) is 0 Å². The first-order valence-corrected chi connectivity index (χ1v) is 12.3. The summed E-state index contributed by atoms with van der Waals surface area (Å²) in [5.74, 6) is 0.595. The van der Waals surface area contributed by atoms with Crippen LogP contribution in [0.1, 0.15) is 22.7 Å². The topological polar surface area (TPSA) is 71.5 Å². The van der Waals surface area contributed by atoms with Gasteiger partial charge >= 0.3 is 0 Å². The Hall–Kier alpha value is -3.36. The third kappa shape index (κ3) is 3.54. The molecule has 0 saturated heterocycles. The first-order chi connectivity index (χ1) is 16.6. The van der Waals surface area contributed by atoms with Crippen LogP contribution in [-0.4, -0.2) is 32.1 Å². The molecule has 8 heteroatoms. The number of nitrogens with zero attached hydrogens (tertiary/aromatic N) is 3. The summed E-state index contributed by atoms with van der Waals surface area (Å²) < 4.78 is 9.37. The van der Waals surface area contributed by atoms with Gasteiger partial charge in [0, 0.05) is 43.1 Å². The summed E-state index contributed by atoms with van der Waals surface area (Å²) in [6.45, 7) is 0. The van der Waals surface area contributed by atoms with E-state index >= 15 is 0 Å². The summed E-state index contributed by atoms with van der Waals surface area (Å²) in [4.78, 5) is 6.86. The first kappa shape index (κ1) is 21.2. The molecule has 6 aromatic rings. The summed E-state index contributed by atoms with van der Waals surface area (Å²) in [5, 5.41) is 11.4. The standard InChI is InChI=1S/C26H19Br2N5O/c1-34-25-5-3-2-4-24(25)33-14-23(31-32-33)26(19-12-29-21-8-6-15(27)10-17(19)21)20-13-30-22-9-7-16(28)11-18(20)22/h2-14,26,29-30H,1H3. The SMILES string of the molecule is COc1ccccc1-n1cc(C(c2c[nH]c3ccc(Br)cc23)c2c[nH]c3ccc(Br)cc23)nn1. The van der Waals surface area contributed by atoms with Crippen molar-refractivity contribution in [2.75, 3.05) is 7.11 Å². The van der Waals surface area contributed by atoms with E-state index in [-0.39, 0.29) is 5.92 Å². The van der Waals surface area contributed by atoms with Crippen molar-refractivity contribution in [2.24, 2.45) is 0 Å². The maximum absolute atomic E-state index is 5.55. The van der Waals surface area contributed by atoms with E-state index in [4.69, 9.17) is 4.74 Å². The predicted octanol–water partition coefficient (Wildman–Crippen LogP) is 6.94. The Balaban J connectivity index is 1.58. The molecule has 0 unspecified atom stereocenters. The number of benzene rings is 3. The van der Waals surface area contributed by atoms with Gasteiger partial charge in [-0.15, -0.1) is 5.10 Å². The van der Waals surface area contributed by atoms with Crippen molar-refractivity contribution >= 4 is 53.7 Å². The Morgan fingerprint density at radius 3 is 2.09 bits per heavy atom. The molecule has 0 spiro atoms. The molecule has 6 rings (SSSR count).